The molecule has 4 nitrogen and oxygen atoms in total. The smallest absolute Gasteiger partial charge is 0.253 e. The predicted molar refractivity (Wildman–Crippen MR) is 54.1 cm³/mol. The summed E-state index contributed by atoms with van der Waals surface area (Å²) in [5.74, 6) is 0. The molecule has 0 amide bonds. The summed E-state index contributed by atoms with van der Waals surface area (Å²) in [6, 6.07) is 5.10. The van der Waals surface area contributed by atoms with Gasteiger partial charge in [0.05, 0.1) is 6.61 Å². The van der Waals surface area contributed by atoms with E-state index in [1.165, 1.54) is 0 Å². The maximum absolute atomic E-state index is 10.5. The third-order valence-electron chi connectivity index (χ3n) is 1.61. The molecule has 0 aromatic heterocycles. The van der Waals surface area contributed by atoms with Gasteiger partial charge >= 0.3 is 10.3 Å². The highest BCUT2D eigenvalue weighted by Crippen LogP contribution is 2.16. The van der Waals surface area contributed by atoms with Crippen LogP contribution in [-0.2, 0) is 21.1 Å². The van der Waals surface area contributed by atoms with E-state index in [0.717, 1.165) is 5.56 Å². The van der Waals surface area contributed by atoms with Gasteiger partial charge in [-0.2, -0.15) is 8.42 Å². The molecule has 0 unspecified atom stereocenters. The van der Waals surface area contributed by atoms with E-state index in [1.807, 2.05) is 6.92 Å². The largest absolute Gasteiger partial charge is 0.333 e. The van der Waals surface area contributed by atoms with Gasteiger partial charge in [-0.25, -0.2) is 5.14 Å². The number of halogens is 1. The van der Waals surface area contributed by atoms with Crippen molar-refractivity contribution >= 4 is 21.9 Å². The van der Waals surface area contributed by atoms with Crippen LogP contribution in [0, 0.1) is 6.92 Å². The van der Waals surface area contributed by atoms with Crippen molar-refractivity contribution in [2.24, 2.45) is 5.14 Å². The molecule has 1 aromatic carbocycles. The molecule has 0 fully saturated rings. The van der Waals surface area contributed by atoms with E-state index >= 15 is 0 Å². The van der Waals surface area contributed by atoms with Gasteiger partial charge in [-0.1, -0.05) is 23.7 Å². The van der Waals surface area contributed by atoms with E-state index in [1.54, 1.807) is 18.2 Å². The summed E-state index contributed by atoms with van der Waals surface area (Å²) in [5, 5.41) is 5.30. The monoisotopic (exact) mass is 235 g/mol. The molecule has 2 N–H and O–H groups in total. The fourth-order valence-corrected chi connectivity index (χ4v) is 1.36. The molecule has 6 heteroatoms. The number of aryl methyl sites for hydroxylation is 1. The molecule has 0 heterocycles. The third-order valence-corrected chi connectivity index (χ3v) is 2.48. The summed E-state index contributed by atoms with van der Waals surface area (Å²) in [4.78, 5) is 0. The van der Waals surface area contributed by atoms with E-state index in [-0.39, 0.29) is 6.61 Å². The average Bonchev–Trinajstić information content (AvgIpc) is 2.06. The van der Waals surface area contributed by atoms with Crippen molar-refractivity contribution in [3.05, 3.63) is 34.3 Å². The van der Waals surface area contributed by atoms with Crippen molar-refractivity contribution in [3.63, 3.8) is 0 Å². The first kappa shape index (κ1) is 11.5. The zero-order chi connectivity index (χ0) is 10.8. The fourth-order valence-electron chi connectivity index (χ4n) is 0.947. The van der Waals surface area contributed by atoms with E-state index < -0.39 is 10.3 Å². The second-order valence-electron chi connectivity index (χ2n) is 2.84. The van der Waals surface area contributed by atoms with Crippen LogP contribution in [0.3, 0.4) is 0 Å². The summed E-state index contributed by atoms with van der Waals surface area (Å²) in [7, 11) is -3.88. The number of nitrogens with two attached hydrogens (primary N) is 1. The van der Waals surface area contributed by atoms with Gasteiger partial charge in [0.15, 0.2) is 0 Å². The lowest BCUT2D eigenvalue weighted by Crippen LogP contribution is -2.15. The summed E-state index contributed by atoms with van der Waals surface area (Å²) >= 11 is 5.79. The molecule has 0 spiro atoms. The lowest BCUT2D eigenvalue weighted by Gasteiger charge is -2.03. The van der Waals surface area contributed by atoms with Crippen LogP contribution < -0.4 is 5.14 Å². The molecule has 78 valence electrons. The third kappa shape index (κ3) is 3.63. The normalized spacial score (nSPS) is 11.6. The molecule has 14 heavy (non-hydrogen) atoms. The van der Waals surface area contributed by atoms with Crippen LogP contribution in [0.5, 0.6) is 0 Å². The van der Waals surface area contributed by atoms with Gasteiger partial charge in [-0.05, 0) is 24.1 Å². The standard InChI is InChI=1S/C8H10ClNO3S/c1-6-4-7(2-3-8(6)9)5-13-14(10,11)12/h2-4H,5H2,1H3,(H2,10,11,12). The Kier molecular flexibility index (Phi) is 3.49. The fraction of sp³-hybridized carbons (Fsp3) is 0.250. The van der Waals surface area contributed by atoms with Gasteiger partial charge in [0.25, 0.3) is 0 Å². The van der Waals surface area contributed by atoms with Crippen molar-refractivity contribution < 1.29 is 12.6 Å². The van der Waals surface area contributed by atoms with Gasteiger partial charge in [0, 0.05) is 5.02 Å². The van der Waals surface area contributed by atoms with Crippen molar-refractivity contribution in [2.75, 3.05) is 0 Å². The molecule has 0 aliphatic rings. The van der Waals surface area contributed by atoms with Crippen LogP contribution in [0.4, 0.5) is 0 Å². The van der Waals surface area contributed by atoms with Gasteiger partial charge in [-0.15, -0.1) is 0 Å². The Bertz CT molecular complexity index is 430. The Morgan fingerprint density at radius 1 is 1.50 bits per heavy atom. The Hall–Kier alpha value is -0.620. The first-order valence-electron chi connectivity index (χ1n) is 3.80. The van der Waals surface area contributed by atoms with Crippen LogP contribution in [0.2, 0.25) is 5.02 Å². The summed E-state index contributed by atoms with van der Waals surface area (Å²) in [6.07, 6.45) is 0. The minimum Gasteiger partial charge on any atom is -0.253 e. The lowest BCUT2D eigenvalue weighted by atomic mass is 10.1. The van der Waals surface area contributed by atoms with Crippen molar-refractivity contribution in [1.29, 1.82) is 0 Å². The highest BCUT2D eigenvalue weighted by atomic mass is 35.5. The van der Waals surface area contributed by atoms with E-state index in [4.69, 9.17) is 11.6 Å². The molecule has 0 radical (unpaired) electrons. The van der Waals surface area contributed by atoms with E-state index in [0.29, 0.717) is 10.6 Å². The summed E-state index contributed by atoms with van der Waals surface area (Å²) < 4.78 is 25.4. The predicted octanol–water partition coefficient (Wildman–Crippen LogP) is 1.37. The molecule has 0 atom stereocenters. The number of hydrogen-bond donors (Lipinski definition) is 1. The average molecular weight is 236 g/mol. The highest BCUT2D eigenvalue weighted by molar-refractivity contribution is 7.84. The zero-order valence-electron chi connectivity index (χ0n) is 7.53. The molecular formula is C8H10ClNO3S. The van der Waals surface area contributed by atoms with Crippen LogP contribution in [-0.4, -0.2) is 8.42 Å². The number of benzene rings is 1. The second kappa shape index (κ2) is 4.27. The van der Waals surface area contributed by atoms with Crippen molar-refractivity contribution in [1.82, 2.24) is 0 Å². The molecule has 0 aliphatic heterocycles. The Labute approximate surface area is 87.9 Å². The quantitative estimate of drug-likeness (QED) is 0.860. The highest BCUT2D eigenvalue weighted by Gasteiger charge is 2.04. The van der Waals surface area contributed by atoms with Crippen LogP contribution in [0.15, 0.2) is 18.2 Å². The van der Waals surface area contributed by atoms with Gasteiger partial charge in [0.1, 0.15) is 0 Å². The SMILES string of the molecule is Cc1cc(COS(N)(=O)=O)ccc1Cl. The number of hydrogen-bond acceptors (Lipinski definition) is 3. The van der Waals surface area contributed by atoms with Crippen molar-refractivity contribution in [2.45, 2.75) is 13.5 Å². The van der Waals surface area contributed by atoms with Crippen LogP contribution in [0.25, 0.3) is 0 Å². The molecule has 0 bridgehead atoms. The summed E-state index contributed by atoms with van der Waals surface area (Å²) in [5.41, 5.74) is 1.57. The first-order valence-corrected chi connectivity index (χ1v) is 5.65. The second-order valence-corrected chi connectivity index (χ2v) is 4.47. The first-order chi connectivity index (χ1) is 6.38. The molecule has 0 saturated heterocycles. The molecule has 1 rings (SSSR count). The van der Waals surface area contributed by atoms with Crippen LogP contribution in [0.1, 0.15) is 11.1 Å². The molecule has 0 aliphatic carbocycles. The molecule has 0 saturated carbocycles. The van der Waals surface area contributed by atoms with Gasteiger partial charge < -0.3 is 0 Å². The molecule has 1 aromatic rings. The van der Waals surface area contributed by atoms with Crippen LogP contribution >= 0.6 is 11.6 Å². The van der Waals surface area contributed by atoms with Gasteiger partial charge in [-0.3, -0.25) is 4.18 Å². The zero-order valence-corrected chi connectivity index (χ0v) is 9.10. The maximum Gasteiger partial charge on any atom is 0.333 e. The Morgan fingerprint density at radius 2 is 2.14 bits per heavy atom. The van der Waals surface area contributed by atoms with Gasteiger partial charge in [0.2, 0.25) is 0 Å². The minimum atomic E-state index is -3.88. The lowest BCUT2D eigenvalue weighted by molar-refractivity contribution is 0.308. The van der Waals surface area contributed by atoms with E-state index in [9.17, 15) is 8.42 Å². The molecular weight excluding hydrogens is 226 g/mol. The maximum atomic E-state index is 10.5. The topological polar surface area (TPSA) is 69.4 Å². The Balaban J connectivity index is 2.74. The summed E-state index contributed by atoms with van der Waals surface area (Å²) in [6.45, 7) is 1.75. The Morgan fingerprint density at radius 3 is 2.64 bits per heavy atom. The van der Waals surface area contributed by atoms with E-state index in [2.05, 4.69) is 9.32 Å². The van der Waals surface area contributed by atoms with Crippen molar-refractivity contribution in [3.8, 4) is 0 Å². The number of rotatable bonds is 3. The minimum absolute atomic E-state index is 0.0726.